The molecule has 1 N–H and O–H groups in total. The summed E-state index contributed by atoms with van der Waals surface area (Å²) < 4.78 is 11.8. The molecule has 1 amide bonds. The van der Waals surface area contributed by atoms with Crippen LogP contribution in [0.3, 0.4) is 0 Å². The number of aromatic nitrogens is 2. The van der Waals surface area contributed by atoms with Crippen LogP contribution in [0, 0.1) is 0 Å². The van der Waals surface area contributed by atoms with E-state index >= 15 is 0 Å². The molecule has 5 rings (SSSR count). The number of aliphatic hydroxyl groups is 1. The average Bonchev–Trinajstić information content (AvgIpc) is 3.60. The lowest BCUT2D eigenvalue weighted by Gasteiger charge is -2.23. The molecule has 1 aliphatic rings. The number of rotatable bonds is 12. The van der Waals surface area contributed by atoms with Crippen LogP contribution in [0.1, 0.15) is 48.9 Å². The van der Waals surface area contributed by atoms with Gasteiger partial charge in [0.2, 0.25) is 5.13 Å². The van der Waals surface area contributed by atoms with Gasteiger partial charge in [-0.3, -0.25) is 14.5 Å². The first-order valence-electron chi connectivity index (χ1n) is 13.8. The maximum absolute atomic E-state index is 13.6. The molecule has 1 aromatic heterocycles. The molecule has 8 nitrogen and oxygen atoms in total. The molecule has 1 fully saturated rings. The minimum absolute atomic E-state index is 0.0381. The van der Waals surface area contributed by atoms with Crippen molar-refractivity contribution in [2.45, 2.75) is 42.3 Å². The van der Waals surface area contributed by atoms with Gasteiger partial charge in [-0.1, -0.05) is 78.7 Å². The fraction of sp³-hybridized carbons (Fsp3) is 0.250. The van der Waals surface area contributed by atoms with E-state index in [4.69, 9.17) is 21.1 Å². The van der Waals surface area contributed by atoms with Crippen molar-refractivity contribution in [2.75, 3.05) is 18.6 Å². The fourth-order valence-corrected chi connectivity index (χ4v) is 6.60. The lowest BCUT2D eigenvalue weighted by atomic mass is 9.95. The highest BCUT2D eigenvalue weighted by Crippen LogP contribution is 2.44. The molecule has 0 bridgehead atoms. The maximum Gasteiger partial charge on any atom is 0.301 e. The molecule has 0 aliphatic carbocycles. The predicted molar refractivity (Wildman–Crippen MR) is 170 cm³/mol. The Morgan fingerprint density at radius 3 is 2.51 bits per heavy atom. The summed E-state index contributed by atoms with van der Waals surface area (Å²) in [6.45, 7) is 2.68. The van der Waals surface area contributed by atoms with Crippen LogP contribution in [0.4, 0.5) is 5.13 Å². The number of aliphatic hydroxyl groups excluding tert-OH is 1. The second-order valence-corrected chi connectivity index (χ2v) is 12.4. The predicted octanol–water partition coefficient (Wildman–Crippen LogP) is 7.69. The minimum Gasteiger partial charge on any atom is -0.507 e. The molecule has 4 aromatic rings. The number of thioether (sulfide) groups is 1. The Morgan fingerprint density at radius 2 is 1.79 bits per heavy atom. The van der Waals surface area contributed by atoms with Gasteiger partial charge in [-0.05, 0) is 66.1 Å². The van der Waals surface area contributed by atoms with Crippen molar-refractivity contribution in [2.24, 2.45) is 0 Å². The van der Waals surface area contributed by atoms with Crippen LogP contribution in [-0.2, 0) is 15.3 Å². The number of anilines is 1. The fourth-order valence-electron chi connectivity index (χ4n) is 4.65. The van der Waals surface area contributed by atoms with Crippen LogP contribution >= 0.6 is 34.7 Å². The van der Waals surface area contributed by atoms with Gasteiger partial charge in [0.1, 0.15) is 17.3 Å². The number of carbonyl (C=O) groups excluding carboxylic acids is 2. The third-order valence-corrected chi connectivity index (χ3v) is 9.25. The van der Waals surface area contributed by atoms with E-state index in [-0.39, 0.29) is 16.5 Å². The zero-order chi connectivity index (χ0) is 30.3. The molecule has 2 heterocycles. The summed E-state index contributed by atoms with van der Waals surface area (Å²) >= 11 is 8.68. The third-order valence-electron chi connectivity index (χ3n) is 6.88. The minimum atomic E-state index is -0.941. The van der Waals surface area contributed by atoms with Crippen molar-refractivity contribution < 1.29 is 24.2 Å². The molecule has 0 spiro atoms. The number of unbranched alkanes of at least 4 members (excludes halogenated alkanes) is 2. The van der Waals surface area contributed by atoms with Gasteiger partial charge in [0.15, 0.2) is 4.34 Å². The van der Waals surface area contributed by atoms with Crippen LogP contribution in [0.5, 0.6) is 11.5 Å². The van der Waals surface area contributed by atoms with Crippen molar-refractivity contribution in [1.29, 1.82) is 0 Å². The number of ketones is 1. The zero-order valence-electron chi connectivity index (χ0n) is 23.7. The average molecular weight is 636 g/mol. The number of ether oxygens (including phenoxy) is 2. The van der Waals surface area contributed by atoms with Crippen molar-refractivity contribution in [1.82, 2.24) is 10.2 Å². The van der Waals surface area contributed by atoms with E-state index in [1.807, 2.05) is 36.4 Å². The largest absolute Gasteiger partial charge is 0.507 e. The molecule has 1 aliphatic heterocycles. The molecule has 1 atom stereocenters. The van der Waals surface area contributed by atoms with Gasteiger partial charge in [-0.15, -0.1) is 10.2 Å². The summed E-state index contributed by atoms with van der Waals surface area (Å²) in [6, 6.07) is 20.5. The normalized spacial score (nSPS) is 16.1. The number of carbonyl (C=O) groups is 2. The van der Waals surface area contributed by atoms with Crippen LogP contribution < -0.4 is 14.4 Å². The van der Waals surface area contributed by atoms with Crippen molar-refractivity contribution in [3.8, 4) is 11.5 Å². The molecule has 0 radical (unpaired) electrons. The Labute approximate surface area is 263 Å². The van der Waals surface area contributed by atoms with E-state index < -0.39 is 17.7 Å². The van der Waals surface area contributed by atoms with E-state index in [1.54, 1.807) is 43.5 Å². The second-order valence-electron chi connectivity index (χ2n) is 9.79. The smallest absolute Gasteiger partial charge is 0.301 e. The monoisotopic (exact) mass is 635 g/mol. The summed E-state index contributed by atoms with van der Waals surface area (Å²) in [5.74, 6) is -0.0512. The Hall–Kier alpha value is -3.86. The van der Waals surface area contributed by atoms with Crippen LogP contribution in [-0.4, -0.2) is 40.7 Å². The number of hydrogen-bond acceptors (Lipinski definition) is 9. The number of amides is 1. The lowest BCUT2D eigenvalue weighted by Crippen LogP contribution is -2.29. The summed E-state index contributed by atoms with van der Waals surface area (Å²) in [5, 5.41) is 20.9. The highest BCUT2D eigenvalue weighted by Gasteiger charge is 2.48. The van der Waals surface area contributed by atoms with Crippen LogP contribution in [0.2, 0.25) is 5.02 Å². The number of benzene rings is 3. The molecule has 222 valence electrons. The van der Waals surface area contributed by atoms with E-state index in [1.165, 1.54) is 28.0 Å². The summed E-state index contributed by atoms with van der Waals surface area (Å²) in [7, 11) is 1.54. The summed E-state index contributed by atoms with van der Waals surface area (Å²) in [4.78, 5) is 28.5. The van der Waals surface area contributed by atoms with Gasteiger partial charge in [0.25, 0.3) is 5.78 Å². The standard InChI is InChI=1S/C32H30ClN3O5S2/c1-3-4-5-17-41-25-8-6-7-22(18-25)27-26(28(37)21-11-15-24(40-2)16-12-21)29(38)30(39)36(27)31-34-35-32(43-31)42-19-20-9-13-23(33)14-10-20/h6-16,18,27,37H,3-5,17,19H2,1-2H3/b28-26+. The van der Waals surface area contributed by atoms with Gasteiger partial charge in [0, 0.05) is 16.3 Å². The molecule has 1 unspecified atom stereocenters. The summed E-state index contributed by atoms with van der Waals surface area (Å²) in [5.41, 5.74) is 2.01. The Balaban J connectivity index is 1.51. The van der Waals surface area contributed by atoms with E-state index in [2.05, 4.69) is 17.1 Å². The number of methoxy groups -OCH3 is 1. The second kappa shape index (κ2) is 14.1. The molecule has 43 heavy (non-hydrogen) atoms. The number of hydrogen-bond donors (Lipinski definition) is 1. The SMILES string of the molecule is CCCCCOc1cccc(C2/C(=C(\O)c3ccc(OC)cc3)C(=O)C(=O)N2c2nnc(SCc3ccc(Cl)cc3)s2)c1. The van der Waals surface area contributed by atoms with Gasteiger partial charge in [-0.2, -0.15) is 0 Å². The molecular weight excluding hydrogens is 606 g/mol. The number of nitrogens with zero attached hydrogens (tertiary/aromatic N) is 3. The Morgan fingerprint density at radius 1 is 1.02 bits per heavy atom. The highest BCUT2D eigenvalue weighted by atomic mass is 35.5. The van der Waals surface area contributed by atoms with Gasteiger partial charge in [-0.25, -0.2) is 0 Å². The molecule has 0 saturated carbocycles. The molecule has 1 saturated heterocycles. The van der Waals surface area contributed by atoms with Crippen LogP contribution in [0.25, 0.3) is 5.76 Å². The first-order chi connectivity index (χ1) is 20.9. The number of halogens is 1. The lowest BCUT2D eigenvalue weighted by molar-refractivity contribution is -0.132. The van der Waals surface area contributed by atoms with Crippen molar-refractivity contribution >= 4 is 57.3 Å². The Kier molecular flexibility index (Phi) is 10.0. The van der Waals surface area contributed by atoms with Crippen LogP contribution in [0.15, 0.2) is 82.7 Å². The first kappa shape index (κ1) is 30.6. The Bertz CT molecular complexity index is 1620. The third kappa shape index (κ3) is 7.04. The van der Waals surface area contributed by atoms with Crippen molar-refractivity contribution in [3.05, 3.63) is 100 Å². The molecule has 3 aromatic carbocycles. The summed E-state index contributed by atoms with van der Waals surface area (Å²) in [6.07, 6.45) is 3.04. The van der Waals surface area contributed by atoms with Gasteiger partial charge in [0.05, 0.1) is 25.3 Å². The number of Topliss-reactive ketones (excluding diaryl/α,β-unsaturated/α-hetero) is 1. The molecular formula is C32H30ClN3O5S2. The van der Waals surface area contributed by atoms with Gasteiger partial charge >= 0.3 is 5.91 Å². The topological polar surface area (TPSA) is 102 Å². The van der Waals surface area contributed by atoms with Gasteiger partial charge < -0.3 is 14.6 Å². The van der Waals surface area contributed by atoms with Crippen molar-refractivity contribution in [3.63, 3.8) is 0 Å². The van der Waals surface area contributed by atoms with E-state index in [0.717, 1.165) is 24.8 Å². The van der Waals surface area contributed by atoms with E-state index in [0.29, 0.717) is 44.3 Å². The van der Waals surface area contributed by atoms with E-state index in [9.17, 15) is 14.7 Å². The highest BCUT2D eigenvalue weighted by molar-refractivity contribution is 8.00. The quantitative estimate of drug-likeness (QED) is 0.0422. The first-order valence-corrected chi connectivity index (χ1v) is 16.0. The maximum atomic E-state index is 13.6. The zero-order valence-corrected chi connectivity index (χ0v) is 26.0. The molecule has 11 heteroatoms.